The average Bonchev–Trinajstić information content (AvgIpc) is 2.88. The fourth-order valence-electron chi connectivity index (χ4n) is 3.93. The Morgan fingerprint density at radius 1 is 0.941 bits per heavy atom. The first-order valence-electron chi connectivity index (χ1n) is 11.3. The number of ether oxygens (including phenoxy) is 1. The number of rotatable bonds is 9. The van der Waals surface area contributed by atoms with Gasteiger partial charge in [-0.05, 0) is 28.8 Å². The molecule has 1 fully saturated rings. The monoisotopic (exact) mass is 460 g/mol. The number of hydrogen-bond acceptors (Lipinski definition) is 6. The number of nitro groups is 1. The van der Waals surface area contributed by atoms with Crippen molar-refractivity contribution in [3.05, 3.63) is 105 Å². The Hall–Kier alpha value is -3.75. The molecule has 0 atom stereocenters. The molecule has 0 aliphatic carbocycles. The van der Waals surface area contributed by atoms with Crippen LogP contribution in [0.2, 0.25) is 0 Å². The predicted molar refractivity (Wildman–Crippen MR) is 131 cm³/mol. The topological polar surface area (TPSA) is 96.7 Å². The van der Waals surface area contributed by atoms with Gasteiger partial charge in [0.25, 0.3) is 11.6 Å². The molecule has 3 aromatic carbocycles. The van der Waals surface area contributed by atoms with Gasteiger partial charge >= 0.3 is 0 Å². The first-order chi connectivity index (χ1) is 16.6. The highest BCUT2D eigenvalue weighted by Gasteiger charge is 2.18. The van der Waals surface area contributed by atoms with Crippen LogP contribution in [-0.2, 0) is 24.4 Å². The van der Waals surface area contributed by atoms with Crippen molar-refractivity contribution < 1.29 is 14.5 Å². The number of amides is 1. The van der Waals surface area contributed by atoms with Gasteiger partial charge in [0.1, 0.15) is 5.69 Å². The fraction of sp³-hybridized carbons (Fsp3) is 0.269. The molecule has 0 bridgehead atoms. The van der Waals surface area contributed by atoms with Crippen LogP contribution in [0.3, 0.4) is 0 Å². The van der Waals surface area contributed by atoms with Crippen molar-refractivity contribution in [1.82, 2.24) is 10.2 Å². The van der Waals surface area contributed by atoms with Gasteiger partial charge in [-0.1, -0.05) is 54.6 Å². The number of carbonyl (C=O) groups excluding carboxylic acids is 1. The zero-order valence-corrected chi connectivity index (χ0v) is 18.9. The molecule has 1 aliphatic rings. The van der Waals surface area contributed by atoms with E-state index in [-0.39, 0.29) is 17.2 Å². The molecule has 0 saturated carbocycles. The lowest BCUT2D eigenvalue weighted by Crippen LogP contribution is -2.36. The van der Waals surface area contributed by atoms with Gasteiger partial charge in [0.15, 0.2) is 0 Å². The number of anilines is 1. The number of morpholine rings is 1. The summed E-state index contributed by atoms with van der Waals surface area (Å²) < 4.78 is 5.42. The van der Waals surface area contributed by atoms with E-state index in [4.69, 9.17) is 4.74 Å². The molecule has 0 unspecified atom stereocenters. The molecule has 1 saturated heterocycles. The van der Waals surface area contributed by atoms with Gasteiger partial charge in [-0.3, -0.25) is 19.8 Å². The van der Waals surface area contributed by atoms with Crippen molar-refractivity contribution in [3.63, 3.8) is 0 Å². The van der Waals surface area contributed by atoms with Crippen molar-refractivity contribution in [1.29, 1.82) is 0 Å². The number of nitrogens with one attached hydrogen (secondary N) is 2. The van der Waals surface area contributed by atoms with Crippen molar-refractivity contribution >= 4 is 17.3 Å². The number of nitrogens with zero attached hydrogens (tertiary/aromatic N) is 2. The number of carbonyl (C=O) groups is 1. The van der Waals surface area contributed by atoms with Crippen LogP contribution in [0.1, 0.15) is 27.0 Å². The van der Waals surface area contributed by atoms with Crippen molar-refractivity contribution in [2.45, 2.75) is 19.6 Å². The number of hydrogen-bond donors (Lipinski definition) is 2. The van der Waals surface area contributed by atoms with E-state index < -0.39 is 4.92 Å². The van der Waals surface area contributed by atoms with Gasteiger partial charge in [-0.25, -0.2) is 0 Å². The lowest BCUT2D eigenvalue weighted by atomic mass is 10.1. The summed E-state index contributed by atoms with van der Waals surface area (Å²) >= 11 is 0. The molecule has 1 heterocycles. The van der Waals surface area contributed by atoms with Crippen LogP contribution in [0, 0.1) is 10.1 Å². The summed E-state index contributed by atoms with van der Waals surface area (Å²) in [6.07, 6.45) is 0. The summed E-state index contributed by atoms with van der Waals surface area (Å²) in [6, 6.07) is 22.1. The molecule has 176 valence electrons. The molecule has 0 radical (unpaired) electrons. The van der Waals surface area contributed by atoms with Crippen LogP contribution in [0.4, 0.5) is 11.4 Å². The van der Waals surface area contributed by atoms with Crippen LogP contribution in [0.5, 0.6) is 0 Å². The Balaban J connectivity index is 1.41. The molecular weight excluding hydrogens is 432 g/mol. The zero-order chi connectivity index (χ0) is 23.8. The van der Waals surface area contributed by atoms with Gasteiger partial charge < -0.3 is 15.4 Å². The smallest absolute Gasteiger partial charge is 0.293 e. The molecule has 0 spiro atoms. The molecule has 2 N–H and O–H groups in total. The molecule has 4 rings (SSSR count). The lowest BCUT2D eigenvalue weighted by Gasteiger charge is -2.27. The third-order valence-corrected chi connectivity index (χ3v) is 5.84. The summed E-state index contributed by atoms with van der Waals surface area (Å²) in [5, 5.41) is 17.6. The van der Waals surface area contributed by atoms with Gasteiger partial charge in [-0.15, -0.1) is 0 Å². The van der Waals surface area contributed by atoms with Gasteiger partial charge in [-0.2, -0.15) is 0 Å². The van der Waals surface area contributed by atoms with Crippen molar-refractivity contribution in [2.24, 2.45) is 0 Å². The Morgan fingerprint density at radius 2 is 1.65 bits per heavy atom. The van der Waals surface area contributed by atoms with E-state index in [0.29, 0.717) is 18.8 Å². The summed E-state index contributed by atoms with van der Waals surface area (Å²) in [7, 11) is 0. The molecule has 1 amide bonds. The maximum absolute atomic E-state index is 12.8. The molecular formula is C26H28N4O4. The molecule has 8 nitrogen and oxygen atoms in total. The van der Waals surface area contributed by atoms with Crippen LogP contribution in [0.15, 0.2) is 72.8 Å². The highest BCUT2D eigenvalue weighted by atomic mass is 16.6. The Kier molecular flexibility index (Phi) is 7.85. The highest BCUT2D eigenvalue weighted by Crippen LogP contribution is 2.26. The van der Waals surface area contributed by atoms with Crippen LogP contribution in [0.25, 0.3) is 0 Å². The maximum Gasteiger partial charge on any atom is 0.293 e. The van der Waals surface area contributed by atoms with E-state index in [0.717, 1.165) is 49.5 Å². The third-order valence-electron chi connectivity index (χ3n) is 5.84. The Labute approximate surface area is 198 Å². The first-order valence-corrected chi connectivity index (χ1v) is 11.3. The van der Waals surface area contributed by atoms with Crippen LogP contribution < -0.4 is 10.6 Å². The second kappa shape index (κ2) is 11.4. The molecule has 0 aromatic heterocycles. The standard InChI is InChI=1S/C26H28N4O4/c31-26(28-18-22-8-4-5-9-23(22)19-29-12-14-34-15-13-29)21-10-11-24(25(16-21)30(32)33)27-17-20-6-2-1-3-7-20/h1-11,16,27H,12-15,17-19H2,(H,28,31). The second-order valence-electron chi connectivity index (χ2n) is 8.17. The van der Waals surface area contributed by atoms with Gasteiger partial charge in [0.05, 0.1) is 18.1 Å². The molecule has 34 heavy (non-hydrogen) atoms. The van der Waals surface area contributed by atoms with E-state index >= 15 is 0 Å². The SMILES string of the molecule is O=C(NCc1ccccc1CN1CCOCC1)c1ccc(NCc2ccccc2)c([N+](=O)[O-])c1. The first kappa shape index (κ1) is 23.4. The summed E-state index contributed by atoms with van der Waals surface area (Å²) in [4.78, 5) is 26.3. The van der Waals surface area contributed by atoms with E-state index in [2.05, 4.69) is 21.6 Å². The second-order valence-corrected chi connectivity index (χ2v) is 8.17. The Bertz CT molecular complexity index is 1130. The minimum absolute atomic E-state index is 0.128. The minimum atomic E-state index is -0.470. The fourth-order valence-corrected chi connectivity index (χ4v) is 3.93. The van der Waals surface area contributed by atoms with E-state index in [9.17, 15) is 14.9 Å². The highest BCUT2D eigenvalue weighted by molar-refractivity contribution is 5.95. The summed E-state index contributed by atoms with van der Waals surface area (Å²) in [5.74, 6) is -0.348. The molecule has 3 aromatic rings. The van der Waals surface area contributed by atoms with E-state index in [1.54, 1.807) is 12.1 Å². The van der Waals surface area contributed by atoms with Gasteiger partial charge in [0.2, 0.25) is 0 Å². The quantitative estimate of drug-likeness (QED) is 0.371. The third kappa shape index (κ3) is 6.18. The zero-order valence-electron chi connectivity index (χ0n) is 18.9. The van der Waals surface area contributed by atoms with Crippen molar-refractivity contribution in [3.8, 4) is 0 Å². The summed E-state index contributed by atoms with van der Waals surface area (Å²) in [6.45, 7) is 4.82. The number of benzene rings is 3. The van der Waals surface area contributed by atoms with Crippen LogP contribution in [-0.4, -0.2) is 42.0 Å². The Morgan fingerprint density at radius 3 is 2.38 bits per heavy atom. The van der Waals surface area contributed by atoms with E-state index in [1.807, 2.05) is 48.5 Å². The average molecular weight is 461 g/mol. The minimum Gasteiger partial charge on any atom is -0.379 e. The summed E-state index contributed by atoms with van der Waals surface area (Å²) in [5.41, 5.74) is 3.68. The van der Waals surface area contributed by atoms with E-state index in [1.165, 1.54) is 6.07 Å². The maximum atomic E-state index is 12.8. The van der Waals surface area contributed by atoms with Crippen molar-refractivity contribution in [2.75, 3.05) is 31.6 Å². The predicted octanol–water partition coefficient (Wildman–Crippen LogP) is 3.97. The van der Waals surface area contributed by atoms with Crippen LogP contribution >= 0.6 is 0 Å². The lowest BCUT2D eigenvalue weighted by molar-refractivity contribution is -0.384. The number of nitro benzene ring substituents is 1. The largest absolute Gasteiger partial charge is 0.379 e. The molecule has 1 aliphatic heterocycles. The van der Waals surface area contributed by atoms with Gasteiger partial charge in [0, 0.05) is 44.4 Å². The molecule has 8 heteroatoms. The normalized spacial score (nSPS) is 13.9.